The minimum atomic E-state index is -0.892. The molecule has 0 unspecified atom stereocenters. The van der Waals surface area contributed by atoms with Crippen LogP contribution in [0.4, 0.5) is 0 Å². The van der Waals surface area contributed by atoms with Gasteiger partial charge in [-0.1, -0.05) is 44.2 Å². The van der Waals surface area contributed by atoms with Gasteiger partial charge in [-0.15, -0.1) is 0 Å². The standard InChI is InChI=1S/C20H30N4O5/c1-13(2)9-15(19(27)22-12-18(26)29-3)24-20(28)16(23-17(25)11-21)10-14-7-5-4-6-8-14/h4-8,13,15-16H,9-12,21H2,1-3H3,(H,22,27)(H,23,25)(H,24,28)/t15-,16-/m0/s1. The normalized spacial score (nSPS) is 12.6. The lowest BCUT2D eigenvalue weighted by Crippen LogP contribution is -2.55. The first kappa shape index (κ1) is 24.1. The van der Waals surface area contributed by atoms with E-state index in [0.717, 1.165) is 5.56 Å². The fourth-order valence-corrected chi connectivity index (χ4v) is 2.64. The summed E-state index contributed by atoms with van der Waals surface area (Å²) < 4.78 is 4.50. The van der Waals surface area contributed by atoms with Crippen LogP contribution in [0, 0.1) is 5.92 Å². The van der Waals surface area contributed by atoms with Gasteiger partial charge in [-0.05, 0) is 17.9 Å². The van der Waals surface area contributed by atoms with Crippen LogP contribution in [0.1, 0.15) is 25.8 Å². The lowest BCUT2D eigenvalue weighted by atomic mass is 10.0. The number of nitrogens with one attached hydrogen (secondary N) is 3. The number of hydrogen-bond donors (Lipinski definition) is 4. The van der Waals surface area contributed by atoms with Crippen molar-refractivity contribution in [3.8, 4) is 0 Å². The second-order valence-electron chi connectivity index (χ2n) is 7.00. The van der Waals surface area contributed by atoms with E-state index in [0.29, 0.717) is 6.42 Å². The van der Waals surface area contributed by atoms with Crippen LogP contribution < -0.4 is 21.7 Å². The molecule has 1 aromatic carbocycles. The highest BCUT2D eigenvalue weighted by atomic mass is 16.5. The van der Waals surface area contributed by atoms with Gasteiger partial charge in [0.1, 0.15) is 18.6 Å². The van der Waals surface area contributed by atoms with Gasteiger partial charge in [0.05, 0.1) is 13.7 Å². The van der Waals surface area contributed by atoms with Crippen LogP contribution in [0.25, 0.3) is 0 Å². The molecule has 0 bridgehead atoms. The van der Waals surface area contributed by atoms with E-state index in [1.54, 1.807) is 0 Å². The maximum absolute atomic E-state index is 12.9. The quantitative estimate of drug-likeness (QED) is 0.365. The zero-order valence-electron chi connectivity index (χ0n) is 17.1. The summed E-state index contributed by atoms with van der Waals surface area (Å²) in [4.78, 5) is 48.3. The molecule has 0 spiro atoms. The van der Waals surface area contributed by atoms with Gasteiger partial charge in [0.25, 0.3) is 0 Å². The number of carbonyl (C=O) groups excluding carboxylic acids is 4. The van der Waals surface area contributed by atoms with Gasteiger partial charge in [0, 0.05) is 6.42 Å². The highest BCUT2D eigenvalue weighted by Crippen LogP contribution is 2.08. The van der Waals surface area contributed by atoms with Crippen molar-refractivity contribution in [2.75, 3.05) is 20.2 Å². The summed E-state index contributed by atoms with van der Waals surface area (Å²) in [6, 6.07) is 7.43. The minimum Gasteiger partial charge on any atom is -0.468 e. The fraction of sp³-hybridized carbons (Fsp3) is 0.500. The number of methoxy groups -OCH3 is 1. The Morgan fingerprint density at radius 1 is 1.00 bits per heavy atom. The molecule has 160 valence electrons. The van der Waals surface area contributed by atoms with Crippen LogP contribution in [-0.2, 0) is 30.3 Å². The average molecular weight is 406 g/mol. The van der Waals surface area contributed by atoms with E-state index in [-0.39, 0.29) is 25.4 Å². The average Bonchev–Trinajstić information content (AvgIpc) is 2.70. The summed E-state index contributed by atoms with van der Waals surface area (Å²) in [6.07, 6.45) is 0.609. The Labute approximate surface area is 170 Å². The molecule has 9 heteroatoms. The highest BCUT2D eigenvalue weighted by Gasteiger charge is 2.27. The summed E-state index contributed by atoms with van der Waals surface area (Å²) in [5.74, 6) is -1.97. The lowest BCUT2D eigenvalue weighted by Gasteiger charge is -2.24. The number of hydrogen-bond acceptors (Lipinski definition) is 6. The molecular weight excluding hydrogens is 376 g/mol. The predicted molar refractivity (Wildman–Crippen MR) is 108 cm³/mol. The molecule has 0 aromatic heterocycles. The predicted octanol–water partition coefficient (Wildman–Crippen LogP) is -0.507. The van der Waals surface area contributed by atoms with Crippen LogP contribution in [0.3, 0.4) is 0 Å². The van der Waals surface area contributed by atoms with Gasteiger partial charge < -0.3 is 26.4 Å². The van der Waals surface area contributed by atoms with Crippen molar-refractivity contribution in [3.05, 3.63) is 35.9 Å². The first-order chi connectivity index (χ1) is 13.8. The summed E-state index contributed by atoms with van der Waals surface area (Å²) in [7, 11) is 1.22. The van der Waals surface area contributed by atoms with Crippen LogP contribution in [0.2, 0.25) is 0 Å². The van der Waals surface area contributed by atoms with Gasteiger partial charge in [-0.2, -0.15) is 0 Å². The zero-order valence-corrected chi connectivity index (χ0v) is 17.1. The highest BCUT2D eigenvalue weighted by molar-refractivity contribution is 5.93. The Morgan fingerprint density at radius 2 is 1.66 bits per heavy atom. The summed E-state index contributed by atoms with van der Waals surface area (Å²) >= 11 is 0. The molecular formula is C20H30N4O5. The van der Waals surface area contributed by atoms with Crippen molar-refractivity contribution in [1.82, 2.24) is 16.0 Å². The van der Waals surface area contributed by atoms with Crippen LogP contribution in [0.15, 0.2) is 30.3 Å². The molecule has 0 saturated carbocycles. The molecule has 0 aliphatic heterocycles. The van der Waals surface area contributed by atoms with Crippen molar-refractivity contribution in [3.63, 3.8) is 0 Å². The van der Waals surface area contributed by atoms with Crippen molar-refractivity contribution < 1.29 is 23.9 Å². The number of amides is 3. The first-order valence-corrected chi connectivity index (χ1v) is 9.45. The molecule has 0 radical (unpaired) electrons. The van der Waals surface area contributed by atoms with E-state index in [2.05, 4.69) is 20.7 Å². The molecule has 29 heavy (non-hydrogen) atoms. The van der Waals surface area contributed by atoms with Crippen molar-refractivity contribution in [2.45, 2.75) is 38.8 Å². The van der Waals surface area contributed by atoms with Gasteiger partial charge in [-0.25, -0.2) is 0 Å². The number of carbonyl (C=O) groups is 4. The van der Waals surface area contributed by atoms with Crippen LogP contribution >= 0.6 is 0 Å². The second-order valence-corrected chi connectivity index (χ2v) is 7.00. The maximum Gasteiger partial charge on any atom is 0.325 e. The molecule has 0 aliphatic rings. The van der Waals surface area contributed by atoms with E-state index in [1.165, 1.54) is 7.11 Å². The van der Waals surface area contributed by atoms with Gasteiger partial charge >= 0.3 is 5.97 Å². The smallest absolute Gasteiger partial charge is 0.325 e. The zero-order chi connectivity index (χ0) is 21.8. The molecule has 9 nitrogen and oxygen atoms in total. The molecule has 1 rings (SSSR count). The third-order valence-corrected chi connectivity index (χ3v) is 4.09. The van der Waals surface area contributed by atoms with E-state index in [1.807, 2.05) is 44.2 Å². The number of nitrogens with two attached hydrogens (primary N) is 1. The van der Waals surface area contributed by atoms with Gasteiger partial charge in [-0.3, -0.25) is 19.2 Å². The maximum atomic E-state index is 12.9. The Kier molecular flexibility index (Phi) is 10.4. The van der Waals surface area contributed by atoms with E-state index in [9.17, 15) is 19.2 Å². The van der Waals surface area contributed by atoms with E-state index < -0.39 is 35.8 Å². The van der Waals surface area contributed by atoms with Crippen LogP contribution in [0.5, 0.6) is 0 Å². The Bertz CT molecular complexity index is 693. The Morgan fingerprint density at radius 3 is 2.21 bits per heavy atom. The molecule has 0 aliphatic carbocycles. The number of rotatable bonds is 11. The van der Waals surface area contributed by atoms with Crippen LogP contribution in [-0.4, -0.2) is 56.0 Å². The number of ether oxygens (including phenoxy) is 1. The van der Waals surface area contributed by atoms with Crippen molar-refractivity contribution >= 4 is 23.7 Å². The molecule has 1 aromatic rings. The molecule has 0 fully saturated rings. The Balaban J connectivity index is 2.89. The minimum absolute atomic E-state index is 0.107. The van der Waals surface area contributed by atoms with Crippen molar-refractivity contribution in [1.29, 1.82) is 0 Å². The third-order valence-electron chi connectivity index (χ3n) is 4.09. The summed E-state index contributed by atoms with van der Waals surface area (Å²) in [6.45, 7) is 3.26. The summed E-state index contributed by atoms with van der Waals surface area (Å²) in [5.41, 5.74) is 6.21. The largest absolute Gasteiger partial charge is 0.468 e. The first-order valence-electron chi connectivity index (χ1n) is 9.45. The number of benzene rings is 1. The van der Waals surface area contributed by atoms with Crippen molar-refractivity contribution in [2.24, 2.45) is 11.7 Å². The molecule has 3 amide bonds. The monoisotopic (exact) mass is 406 g/mol. The fourth-order valence-electron chi connectivity index (χ4n) is 2.64. The molecule has 0 heterocycles. The molecule has 5 N–H and O–H groups in total. The van der Waals surface area contributed by atoms with E-state index in [4.69, 9.17) is 5.73 Å². The van der Waals surface area contributed by atoms with E-state index >= 15 is 0 Å². The lowest BCUT2D eigenvalue weighted by molar-refractivity contribution is -0.141. The second kappa shape index (κ2) is 12.5. The topological polar surface area (TPSA) is 140 Å². The molecule has 2 atom stereocenters. The number of esters is 1. The third kappa shape index (κ3) is 9.20. The van der Waals surface area contributed by atoms with Gasteiger partial charge in [0.2, 0.25) is 17.7 Å². The SMILES string of the molecule is COC(=O)CNC(=O)[C@H](CC(C)C)NC(=O)[C@H](Cc1ccccc1)NC(=O)CN. The van der Waals surface area contributed by atoms with Gasteiger partial charge in [0.15, 0.2) is 0 Å². The molecule has 0 saturated heterocycles. The summed E-state index contributed by atoms with van der Waals surface area (Å²) in [5, 5.41) is 7.72. The Hall–Kier alpha value is -2.94.